The molecule has 1 amide bonds. The molecule has 2 N–H and O–H groups in total. The molecule has 0 atom stereocenters. The number of aromatic amines is 1. The van der Waals surface area contributed by atoms with E-state index in [4.69, 9.17) is 0 Å². The highest BCUT2D eigenvalue weighted by Gasteiger charge is 2.09. The first-order valence-electron chi connectivity index (χ1n) is 7.27. The normalized spacial score (nSPS) is 10.5. The molecule has 0 radical (unpaired) electrons. The number of nitrogens with zero attached hydrogens (tertiary/aromatic N) is 4. The number of aromatic nitrogens is 5. The van der Waals surface area contributed by atoms with Crippen LogP contribution < -0.4 is 5.32 Å². The van der Waals surface area contributed by atoms with Gasteiger partial charge in [0, 0.05) is 17.5 Å². The fraction of sp³-hybridized carbons (Fsp3) is 0.188. The second kappa shape index (κ2) is 6.35. The first kappa shape index (κ1) is 14.8. The van der Waals surface area contributed by atoms with Crippen molar-refractivity contribution in [2.45, 2.75) is 20.3 Å². The van der Waals surface area contributed by atoms with E-state index in [1.165, 1.54) is 0 Å². The van der Waals surface area contributed by atoms with Crippen LogP contribution in [-0.4, -0.2) is 31.1 Å². The maximum Gasteiger partial charge on any atom is 0.255 e. The molecule has 0 spiro atoms. The average Bonchev–Trinajstić information content (AvgIpc) is 3.06. The van der Waals surface area contributed by atoms with E-state index in [2.05, 4.69) is 30.5 Å². The monoisotopic (exact) mass is 308 g/mol. The van der Waals surface area contributed by atoms with Crippen LogP contribution >= 0.6 is 0 Å². The minimum Gasteiger partial charge on any atom is -0.319 e. The van der Waals surface area contributed by atoms with E-state index in [0.717, 1.165) is 17.8 Å². The van der Waals surface area contributed by atoms with Gasteiger partial charge in [0.15, 0.2) is 5.82 Å². The standard InChI is InChI=1S/C16H16N6O/c1-3-14-20-15(22-21-14)11-4-6-12(7-5-11)16(23)19-13-8-17-10(2)18-9-13/h4-9H,3H2,1-2H3,(H,19,23)(H,20,21,22). The van der Waals surface area contributed by atoms with Gasteiger partial charge in [-0.25, -0.2) is 15.0 Å². The predicted octanol–water partition coefficient (Wildman–Crippen LogP) is 2.38. The summed E-state index contributed by atoms with van der Waals surface area (Å²) in [5.41, 5.74) is 1.96. The minimum absolute atomic E-state index is 0.215. The third kappa shape index (κ3) is 3.39. The van der Waals surface area contributed by atoms with E-state index in [1.54, 1.807) is 31.5 Å². The SMILES string of the molecule is CCc1nc(-c2ccc(C(=O)Nc3cnc(C)nc3)cc2)n[nH]1. The van der Waals surface area contributed by atoms with Crippen LogP contribution in [0, 0.1) is 6.92 Å². The third-order valence-electron chi connectivity index (χ3n) is 3.31. The molecule has 3 aromatic rings. The number of H-pyrrole nitrogens is 1. The molecule has 1 aromatic carbocycles. The second-order valence-corrected chi connectivity index (χ2v) is 5.01. The van der Waals surface area contributed by atoms with Crippen LogP contribution in [0.4, 0.5) is 5.69 Å². The highest BCUT2D eigenvalue weighted by atomic mass is 16.1. The highest BCUT2D eigenvalue weighted by Crippen LogP contribution is 2.16. The zero-order valence-electron chi connectivity index (χ0n) is 12.9. The van der Waals surface area contributed by atoms with E-state index in [-0.39, 0.29) is 5.91 Å². The summed E-state index contributed by atoms with van der Waals surface area (Å²) in [6.45, 7) is 3.80. The molecule has 2 aromatic heterocycles. The van der Waals surface area contributed by atoms with Crippen molar-refractivity contribution >= 4 is 11.6 Å². The van der Waals surface area contributed by atoms with Crippen LogP contribution in [0.1, 0.15) is 28.9 Å². The Hall–Kier alpha value is -3.09. The zero-order chi connectivity index (χ0) is 16.2. The maximum atomic E-state index is 12.2. The third-order valence-corrected chi connectivity index (χ3v) is 3.31. The van der Waals surface area contributed by atoms with Crippen molar-refractivity contribution in [1.82, 2.24) is 25.1 Å². The molecule has 7 heteroatoms. The smallest absolute Gasteiger partial charge is 0.255 e. The molecule has 2 heterocycles. The van der Waals surface area contributed by atoms with Crippen LogP contribution in [0.5, 0.6) is 0 Å². The summed E-state index contributed by atoms with van der Waals surface area (Å²) in [6, 6.07) is 7.12. The summed E-state index contributed by atoms with van der Waals surface area (Å²) in [4.78, 5) is 24.6. The van der Waals surface area contributed by atoms with E-state index < -0.39 is 0 Å². The van der Waals surface area contributed by atoms with Crippen molar-refractivity contribution in [1.29, 1.82) is 0 Å². The number of carbonyl (C=O) groups excluding carboxylic acids is 1. The summed E-state index contributed by atoms with van der Waals surface area (Å²) in [5.74, 6) is 1.90. The topological polar surface area (TPSA) is 96.5 Å². The van der Waals surface area contributed by atoms with E-state index in [0.29, 0.717) is 22.9 Å². The molecule has 116 valence electrons. The molecule has 0 fully saturated rings. The molecule has 0 aliphatic heterocycles. The lowest BCUT2D eigenvalue weighted by molar-refractivity contribution is 0.102. The molecule has 0 aliphatic rings. The Morgan fingerprint density at radius 1 is 1.17 bits per heavy atom. The fourth-order valence-corrected chi connectivity index (χ4v) is 2.01. The Morgan fingerprint density at radius 2 is 1.87 bits per heavy atom. The number of hydrogen-bond donors (Lipinski definition) is 2. The van der Waals surface area contributed by atoms with E-state index in [1.807, 2.05) is 19.1 Å². The van der Waals surface area contributed by atoms with Gasteiger partial charge in [0.05, 0.1) is 18.1 Å². The van der Waals surface area contributed by atoms with Gasteiger partial charge in [0.2, 0.25) is 0 Å². The summed E-state index contributed by atoms with van der Waals surface area (Å²) in [5, 5.41) is 9.79. The molecule has 23 heavy (non-hydrogen) atoms. The molecule has 0 bridgehead atoms. The highest BCUT2D eigenvalue weighted by molar-refractivity contribution is 6.04. The Kier molecular flexibility index (Phi) is 4.09. The largest absolute Gasteiger partial charge is 0.319 e. The van der Waals surface area contributed by atoms with E-state index >= 15 is 0 Å². The maximum absolute atomic E-state index is 12.2. The van der Waals surface area contributed by atoms with Gasteiger partial charge in [-0.3, -0.25) is 9.89 Å². The number of carbonyl (C=O) groups is 1. The summed E-state index contributed by atoms with van der Waals surface area (Å²) < 4.78 is 0. The van der Waals surface area contributed by atoms with Gasteiger partial charge in [0.1, 0.15) is 11.6 Å². The summed E-state index contributed by atoms with van der Waals surface area (Å²) in [7, 11) is 0. The van der Waals surface area contributed by atoms with Gasteiger partial charge in [0.25, 0.3) is 5.91 Å². The Bertz CT molecular complexity index is 807. The Balaban J connectivity index is 1.73. The number of benzene rings is 1. The summed E-state index contributed by atoms with van der Waals surface area (Å²) in [6.07, 6.45) is 3.95. The number of aryl methyl sites for hydroxylation is 2. The lowest BCUT2D eigenvalue weighted by atomic mass is 10.1. The molecule has 3 rings (SSSR count). The van der Waals surface area contributed by atoms with Crippen molar-refractivity contribution in [3.63, 3.8) is 0 Å². The lowest BCUT2D eigenvalue weighted by Gasteiger charge is -2.05. The number of hydrogen-bond acceptors (Lipinski definition) is 5. The molecule has 0 unspecified atom stereocenters. The molecule has 0 saturated heterocycles. The molecule has 0 aliphatic carbocycles. The van der Waals surface area contributed by atoms with Gasteiger partial charge >= 0.3 is 0 Å². The van der Waals surface area contributed by atoms with Gasteiger partial charge in [-0.1, -0.05) is 19.1 Å². The Labute approximate surface area is 133 Å². The number of rotatable bonds is 4. The van der Waals surface area contributed by atoms with Gasteiger partial charge in [-0.2, -0.15) is 5.10 Å². The first-order chi connectivity index (χ1) is 11.2. The second-order valence-electron chi connectivity index (χ2n) is 5.01. The van der Waals surface area contributed by atoms with Crippen molar-refractivity contribution in [2.24, 2.45) is 0 Å². The molecular formula is C16H16N6O. The van der Waals surface area contributed by atoms with Gasteiger partial charge in [-0.15, -0.1) is 0 Å². The van der Waals surface area contributed by atoms with Crippen LogP contribution in [0.25, 0.3) is 11.4 Å². The molecular weight excluding hydrogens is 292 g/mol. The van der Waals surface area contributed by atoms with Crippen molar-refractivity contribution in [2.75, 3.05) is 5.32 Å². The van der Waals surface area contributed by atoms with Crippen LogP contribution in [-0.2, 0) is 6.42 Å². The number of anilines is 1. The fourth-order valence-electron chi connectivity index (χ4n) is 2.01. The quantitative estimate of drug-likeness (QED) is 0.771. The van der Waals surface area contributed by atoms with E-state index in [9.17, 15) is 4.79 Å². The van der Waals surface area contributed by atoms with Crippen molar-refractivity contribution in [3.8, 4) is 11.4 Å². The van der Waals surface area contributed by atoms with Gasteiger partial charge in [-0.05, 0) is 19.1 Å². The molecule has 7 nitrogen and oxygen atoms in total. The average molecular weight is 308 g/mol. The Morgan fingerprint density at radius 3 is 2.48 bits per heavy atom. The predicted molar refractivity (Wildman–Crippen MR) is 85.9 cm³/mol. The van der Waals surface area contributed by atoms with Crippen LogP contribution in [0.3, 0.4) is 0 Å². The lowest BCUT2D eigenvalue weighted by Crippen LogP contribution is -2.12. The van der Waals surface area contributed by atoms with Crippen molar-refractivity contribution < 1.29 is 4.79 Å². The van der Waals surface area contributed by atoms with Crippen molar-refractivity contribution in [3.05, 3.63) is 53.9 Å². The molecule has 0 saturated carbocycles. The van der Waals surface area contributed by atoms with Crippen LogP contribution in [0.2, 0.25) is 0 Å². The van der Waals surface area contributed by atoms with Gasteiger partial charge < -0.3 is 5.32 Å². The minimum atomic E-state index is -0.215. The number of amides is 1. The van der Waals surface area contributed by atoms with Crippen LogP contribution in [0.15, 0.2) is 36.7 Å². The zero-order valence-corrected chi connectivity index (χ0v) is 12.9. The first-order valence-corrected chi connectivity index (χ1v) is 7.27. The number of nitrogens with one attached hydrogen (secondary N) is 2. The summed E-state index contributed by atoms with van der Waals surface area (Å²) >= 11 is 0.